The van der Waals surface area contributed by atoms with E-state index in [0.717, 1.165) is 0 Å². The summed E-state index contributed by atoms with van der Waals surface area (Å²) >= 11 is 0. The lowest BCUT2D eigenvalue weighted by Gasteiger charge is -2.27. The molecule has 0 aromatic heterocycles. The third-order valence-electron chi connectivity index (χ3n) is 2.78. The highest BCUT2D eigenvalue weighted by Crippen LogP contribution is 2.49. The number of epoxide rings is 1. The van der Waals surface area contributed by atoms with Crippen molar-refractivity contribution in [2.24, 2.45) is 5.41 Å². The molecule has 1 saturated heterocycles. The van der Waals surface area contributed by atoms with Crippen molar-refractivity contribution in [3.63, 3.8) is 0 Å². The average Bonchev–Trinajstić information content (AvgIpc) is 2.60. The quantitative estimate of drug-likeness (QED) is 0.500. The lowest BCUT2D eigenvalue weighted by atomic mass is 9.71. The zero-order chi connectivity index (χ0) is 9.15. The van der Waals surface area contributed by atoms with Crippen LogP contribution in [0, 0.1) is 5.41 Å². The molecule has 2 atom stereocenters. The first-order valence-corrected chi connectivity index (χ1v) is 4.13. The van der Waals surface area contributed by atoms with Gasteiger partial charge in [-0.1, -0.05) is 13.8 Å². The maximum Gasteiger partial charge on any atom is 0.173 e. The SMILES string of the molecule is CC1(C)CC(=O)[C@@H]2O[C@]2(C)C1=O. The second kappa shape index (κ2) is 1.79. The highest BCUT2D eigenvalue weighted by molar-refractivity contribution is 6.08. The summed E-state index contributed by atoms with van der Waals surface area (Å²) in [6, 6.07) is 0. The molecular weight excluding hydrogens is 156 g/mol. The number of Topliss-reactive ketones (excluding diaryl/α,β-unsaturated/α-hetero) is 2. The largest absolute Gasteiger partial charge is 0.350 e. The van der Waals surface area contributed by atoms with Gasteiger partial charge in [-0.05, 0) is 6.92 Å². The highest BCUT2D eigenvalue weighted by Gasteiger charge is 2.68. The van der Waals surface area contributed by atoms with E-state index >= 15 is 0 Å². The molecule has 2 rings (SSSR count). The minimum atomic E-state index is -0.779. The number of ketones is 2. The van der Waals surface area contributed by atoms with Crippen LogP contribution >= 0.6 is 0 Å². The van der Waals surface area contributed by atoms with E-state index in [4.69, 9.17) is 4.74 Å². The van der Waals surface area contributed by atoms with Crippen molar-refractivity contribution in [1.29, 1.82) is 0 Å². The number of fused-ring (bicyclic) bond motifs is 1. The number of hydrogen-bond acceptors (Lipinski definition) is 3. The van der Waals surface area contributed by atoms with E-state index in [9.17, 15) is 9.59 Å². The molecule has 12 heavy (non-hydrogen) atoms. The van der Waals surface area contributed by atoms with Gasteiger partial charge in [-0.2, -0.15) is 0 Å². The third-order valence-corrected chi connectivity index (χ3v) is 2.78. The molecule has 3 heteroatoms. The monoisotopic (exact) mass is 168 g/mol. The minimum Gasteiger partial charge on any atom is -0.350 e. The Morgan fingerprint density at radius 1 is 1.33 bits per heavy atom. The van der Waals surface area contributed by atoms with Gasteiger partial charge in [0, 0.05) is 11.8 Å². The van der Waals surface area contributed by atoms with Gasteiger partial charge in [-0.25, -0.2) is 0 Å². The average molecular weight is 168 g/mol. The summed E-state index contributed by atoms with van der Waals surface area (Å²) in [5, 5.41) is 0. The Labute approximate surface area is 71.1 Å². The molecular formula is C9H12O3. The van der Waals surface area contributed by atoms with Gasteiger partial charge < -0.3 is 4.74 Å². The van der Waals surface area contributed by atoms with Crippen LogP contribution in [0.15, 0.2) is 0 Å². The van der Waals surface area contributed by atoms with Crippen molar-refractivity contribution in [3.05, 3.63) is 0 Å². The van der Waals surface area contributed by atoms with Crippen LogP contribution in [-0.4, -0.2) is 23.3 Å². The number of carbonyl (C=O) groups is 2. The van der Waals surface area contributed by atoms with E-state index in [1.807, 2.05) is 0 Å². The summed E-state index contributed by atoms with van der Waals surface area (Å²) in [6.07, 6.45) is -0.107. The molecule has 66 valence electrons. The summed E-state index contributed by atoms with van der Waals surface area (Å²) in [7, 11) is 0. The molecule has 0 bridgehead atoms. The lowest BCUT2D eigenvalue weighted by molar-refractivity contribution is -0.137. The van der Waals surface area contributed by atoms with Crippen molar-refractivity contribution >= 4 is 11.6 Å². The summed E-state index contributed by atoms with van der Waals surface area (Å²) in [5.74, 6) is 0.140. The zero-order valence-electron chi connectivity index (χ0n) is 7.51. The second-order valence-electron chi connectivity index (χ2n) is 4.46. The summed E-state index contributed by atoms with van der Waals surface area (Å²) < 4.78 is 5.13. The topological polar surface area (TPSA) is 46.7 Å². The van der Waals surface area contributed by atoms with Gasteiger partial charge in [0.15, 0.2) is 23.3 Å². The van der Waals surface area contributed by atoms with Crippen LogP contribution in [0.3, 0.4) is 0 Å². The molecule has 0 radical (unpaired) electrons. The molecule has 1 aliphatic carbocycles. The molecule has 0 unspecified atom stereocenters. The van der Waals surface area contributed by atoms with E-state index < -0.39 is 17.1 Å². The molecule has 1 aliphatic heterocycles. The molecule has 2 aliphatic rings. The Bertz CT molecular complexity index is 273. The van der Waals surface area contributed by atoms with E-state index in [1.165, 1.54) is 0 Å². The second-order valence-corrected chi connectivity index (χ2v) is 4.46. The molecule has 3 nitrogen and oxygen atoms in total. The standard InChI is InChI=1S/C9H12O3/c1-8(2)4-5(10)6-9(3,12-6)7(8)11/h6H,4H2,1-3H3/t6-,9-/m0/s1. The smallest absolute Gasteiger partial charge is 0.173 e. The number of ether oxygens (including phenoxy) is 1. The van der Waals surface area contributed by atoms with E-state index in [-0.39, 0.29) is 11.6 Å². The van der Waals surface area contributed by atoms with Crippen LogP contribution < -0.4 is 0 Å². The predicted molar refractivity (Wildman–Crippen MR) is 41.7 cm³/mol. The maximum atomic E-state index is 11.7. The summed E-state index contributed by atoms with van der Waals surface area (Å²) in [6.45, 7) is 5.31. The van der Waals surface area contributed by atoms with Crippen LogP contribution in [-0.2, 0) is 14.3 Å². The fourth-order valence-corrected chi connectivity index (χ4v) is 2.04. The first-order valence-electron chi connectivity index (χ1n) is 4.13. The van der Waals surface area contributed by atoms with Gasteiger partial charge in [0.2, 0.25) is 0 Å². The first kappa shape index (κ1) is 7.92. The molecule has 0 amide bonds. The molecule has 1 heterocycles. The Balaban J connectivity index is 2.37. The van der Waals surface area contributed by atoms with Gasteiger partial charge >= 0.3 is 0 Å². The Hall–Kier alpha value is -0.700. The van der Waals surface area contributed by atoms with Crippen molar-refractivity contribution in [3.8, 4) is 0 Å². The Morgan fingerprint density at radius 2 is 1.92 bits per heavy atom. The Kier molecular flexibility index (Phi) is 1.18. The first-order chi connectivity index (χ1) is 5.38. The van der Waals surface area contributed by atoms with Crippen molar-refractivity contribution in [2.75, 3.05) is 0 Å². The van der Waals surface area contributed by atoms with Crippen LogP contribution in [0.25, 0.3) is 0 Å². The van der Waals surface area contributed by atoms with Gasteiger partial charge in [0.05, 0.1) is 0 Å². The van der Waals surface area contributed by atoms with Gasteiger partial charge in [-0.3, -0.25) is 9.59 Å². The lowest BCUT2D eigenvalue weighted by Crippen LogP contribution is -2.45. The Morgan fingerprint density at radius 3 is 2.50 bits per heavy atom. The predicted octanol–water partition coefficient (Wildman–Crippen LogP) is 0.712. The fraction of sp³-hybridized carbons (Fsp3) is 0.778. The van der Waals surface area contributed by atoms with Gasteiger partial charge in [0.25, 0.3) is 0 Å². The molecule has 2 fully saturated rings. The van der Waals surface area contributed by atoms with Crippen LogP contribution in [0.4, 0.5) is 0 Å². The van der Waals surface area contributed by atoms with Crippen molar-refractivity contribution in [1.82, 2.24) is 0 Å². The summed E-state index contributed by atoms with van der Waals surface area (Å²) in [5.41, 5.74) is -1.31. The molecule has 0 aromatic rings. The van der Waals surface area contributed by atoms with Crippen molar-refractivity contribution in [2.45, 2.75) is 38.9 Å². The maximum absolute atomic E-state index is 11.7. The molecule has 0 N–H and O–H groups in total. The number of carbonyl (C=O) groups excluding carboxylic acids is 2. The number of rotatable bonds is 0. The van der Waals surface area contributed by atoms with E-state index in [1.54, 1.807) is 20.8 Å². The molecule has 0 spiro atoms. The van der Waals surface area contributed by atoms with Gasteiger partial charge in [-0.15, -0.1) is 0 Å². The van der Waals surface area contributed by atoms with Gasteiger partial charge in [0.1, 0.15) is 0 Å². The van der Waals surface area contributed by atoms with Crippen LogP contribution in [0.2, 0.25) is 0 Å². The normalized spacial score (nSPS) is 44.1. The minimum absolute atomic E-state index is 0.0691. The van der Waals surface area contributed by atoms with Crippen LogP contribution in [0.1, 0.15) is 27.2 Å². The van der Waals surface area contributed by atoms with Crippen molar-refractivity contribution < 1.29 is 14.3 Å². The third kappa shape index (κ3) is 0.746. The van der Waals surface area contributed by atoms with Crippen LogP contribution in [0.5, 0.6) is 0 Å². The summed E-state index contributed by atoms with van der Waals surface area (Å²) in [4.78, 5) is 23.0. The number of hydrogen-bond donors (Lipinski definition) is 0. The molecule has 1 saturated carbocycles. The van der Waals surface area contributed by atoms with E-state index in [2.05, 4.69) is 0 Å². The highest BCUT2D eigenvalue weighted by atomic mass is 16.6. The van der Waals surface area contributed by atoms with E-state index in [0.29, 0.717) is 6.42 Å². The fourth-order valence-electron chi connectivity index (χ4n) is 2.04. The molecule has 0 aromatic carbocycles. The zero-order valence-corrected chi connectivity index (χ0v) is 7.51.